The van der Waals surface area contributed by atoms with Gasteiger partial charge >= 0.3 is 0 Å². The highest BCUT2D eigenvalue weighted by Gasteiger charge is 2.19. The first-order chi connectivity index (χ1) is 13.6. The maximum Gasteiger partial charge on any atom is 0.0671 e. The molecule has 1 N–H and O–H groups in total. The minimum Gasteiger partial charge on any atom is -0.317 e. The Kier molecular flexibility index (Phi) is 6.07. The fourth-order valence-electron chi connectivity index (χ4n) is 3.46. The van der Waals surface area contributed by atoms with Gasteiger partial charge in [0.1, 0.15) is 0 Å². The molecule has 2 aromatic carbocycles. The molecule has 3 aromatic rings. The van der Waals surface area contributed by atoms with Gasteiger partial charge in [-0.25, -0.2) is 4.68 Å². The molecule has 0 aliphatic carbocycles. The number of halogens is 3. The standard InChI is InChI=1S/C22H20Cl3N3/c23-17-2-1-3-18(13-17)28-19(6-4-15-5-7-20(24)21(25)12-15)14-22(27-28)16-8-10-26-11-9-16/h1-7,12-14,16,26H,8-11H2/b6-4-. The summed E-state index contributed by atoms with van der Waals surface area (Å²) in [6, 6.07) is 15.5. The van der Waals surface area contributed by atoms with Crippen molar-refractivity contribution in [2.75, 3.05) is 13.1 Å². The van der Waals surface area contributed by atoms with Crippen LogP contribution >= 0.6 is 34.8 Å². The summed E-state index contributed by atoms with van der Waals surface area (Å²) < 4.78 is 1.96. The lowest BCUT2D eigenvalue weighted by atomic mass is 9.94. The van der Waals surface area contributed by atoms with Crippen LogP contribution in [0.3, 0.4) is 0 Å². The molecule has 0 bridgehead atoms. The second kappa shape index (κ2) is 8.71. The van der Waals surface area contributed by atoms with Crippen molar-refractivity contribution in [2.24, 2.45) is 0 Å². The molecule has 0 spiro atoms. The van der Waals surface area contributed by atoms with Gasteiger partial charge in [-0.05, 0) is 74.0 Å². The summed E-state index contributed by atoms with van der Waals surface area (Å²) in [5.41, 5.74) is 4.05. The molecule has 144 valence electrons. The second-order valence-corrected chi connectivity index (χ2v) is 8.17. The summed E-state index contributed by atoms with van der Waals surface area (Å²) in [4.78, 5) is 0. The third-order valence-corrected chi connectivity index (χ3v) is 5.93. The summed E-state index contributed by atoms with van der Waals surface area (Å²) in [5, 5.41) is 10.1. The highest BCUT2D eigenvalue weighted by atomic mass is 35.5. The Morgan fingerprint density at radius 2 is 1.75 bits per heavy atom. The zero-order chi connectivity index (χ0) is 19.5. The number of nitrogens with zero attached hydrogens (tertiary/aromatic N) is 2. The molecular formula is C22H20Cl3N3. The van der Waals surface area contributed by atoms with Gasteiger partial charge in [-0.1, -0.05) is 53.0 Å². The maximum atomic E-state index is 6.21. The number of nitrogens with one attached hydrogen (secondary N) is 1. The Bertz CT molecular complexity index is 1000. The van der Waals surface area contributed by atoms with Gasteiger partial charge in [-0.2, -0.15) is 5.10 Å². The van der Waals surface area contributed by atoms with Crippen LogP contribution in [0, 0.1) is 0 Å². The van der Waals surface area contributed by atoms with Crippen molar-refractivity contribution < 1.29 is 0 Å². The summed E-state index contributed by atoms with van der Waals surface area (Å²) in [6.07, 6.45) is 6.27. The zero-order valence-electron chi connectivity index (χ0n) is 15.2. The van der Waals surface area contributed by atoms with E-state index >= 15 is 0 Å². The van der Waals surface area contributed by atoms with E-state index in [2.05, 4.69) is 17.5 Å². The van der Waals surface area contributed by atoms with Crippen LogP contribution in [-0.2, 0) is 0 Å². The predicted octanol–water partition coefficient (Wildman–Crippen LogP) is 6.47. The number of piperidine rings is 1. The molecule has 1 fully saturated rings. The third kappa shape index (κ3) is 4.44. The van der Waals surface area contributed by atoms with E-state index in [9.17, 15) is 0 Å². The van der Waals surface area contributed by atoms with E-state index in [1.807, 2.05) is 47.2 Å². The van der Waals surface area contributed by atoms with E-state index in [1.54, 1.807) is 6.07 Å². The van der Waals surface area contributed by atoms with Crippen molar-refractivity contribution in [3.05, 3.63) is 80.6 Å². The van der Waals surface area contributed by atoms with Gasteiger partial charge in [-0.15, -0.1) is 0 Å². The average Bonchev–Trinajstić information content (AvgIpc) is 3.14. The van der Waals surface area contributed by atoms with Crippen molar-refractivity contribution in [2.45, 2.75) is 18.8 Å². The summed E-state index contributed by atoms with van der Waals surface area (Å²) in [7, 11) is 0. The first-order valence-electron chi connectivity index (χ1n) is 9.30. The second-order valence-electron chi connectivity index (χ2n) is 6.92. The van der Waals surface area contributed by atoms with Crippen LogP contribution in [-0.4, -0.2) is 22.9 Å². The van der Waals surface area contributed by atoms with Gasteiger partial charge in [0.05, 0.1) is 27.1 Å². The minimum atomic E-state index is 0.471. The van der Waals surface area contributed by atoms with Crippen LogP contribution in [0.4, 0.5) is 0 Å². The van der Waals surface area contributed by atoms with Crippen molar-refractivity contribution >= 4 is 47.0 Å². The van der Waals surface area contributed by atoms with Crippen LogP contribution in [0.25, 0.3) is 17.8 Å². The molecule has 0 atom stereocenters. The van der Waals surface area contributed by atoms with E-state index in [0.717, 1.165) is 48.6 Å². The Balaban J connectivity index is 1.72. The molecule has 1 saturated heterocycles. The molecule has 3 nitrogen and oxygen atoms in total. The molecule has 0 unspecified atom stereocenters. The van der Waals surface area contributed by atoms with E-state index in [4.69, 9.17) is 39.9 Å². The Morgan fingerprint density at radius 1 is 0.929 bits per heavy atom. The van der Waals surface area contributed by atoms with E-state index in [1.165, 1.54) is 0 Å². The van der Waals surface area contributed by atoms with Crippen LogP contribution in [0.5, 0.6) is 0 Å². The minimum absolute atomic E-state index is 0.471. The molecule has 1 aliphatic rings. The number of hydrogen-bond donors (Lipinski definition) is 1. The monoisotopic (exact) mass is 431 g/mol. The van der Waals surface area contributed by atoms with Crippen molar-refractivity contribution in [1.29, 1.82) is 0 Å². The van der Waals surface area contributed by atoms with E-state index in [0.29, 0.717) is 21.0 Å². The molecule has 1 aromatic heterocycles. The van der Waals surface area contributed by atoms with Crippen molar-refractivity contribution in [1.82, 2.24) is 15.1 Å². The van der Waals surface area contributed by atoms with Crippen molar-refractivity contribution in [3.8, 4) is 5.69 Å². The first-order valence-corrected chi connectivity index (χ1v) is 10.4. The summed E-state index contributed by atoms with van der Waals surface area (Å²) >= 11 is 18.4. The lowest BCUT2D eigenvalue weighted by Crippen LogP contribution is -2.26. The molecule has 0 saturated carbocycles. The average molecular weight is 433 g/mol. The number of benzene rings is 2. The molecule has 4 rings (SSSR count). The normalized spacial score (nSPS) is 15.4. The lowest BCUT2D eigenvalue weighted by Gasteiger charge is -2.20. The Hall–Kier alpha value is -1.78. The highest BCUT2D eigenvalue weighted by Crippen LogP contribution is 2.28. The highest BCUT2D eigenvalue weighted by molar-refractivity contribution is 6.42. The fourth-order valence-corrected chi connectivity index (χ4v) is 3.95. The third-order valence-electron chi connectivity index (χ3n) is 4.96. The topological polar surface area (TPSA) is 29.9 Å². The lowest BCUT2D eigenvalue weighted by molar-refractivity contribution is 0.451. The number of rotatable bonds is 4. The van der Waals surface area contributed by atoms with Crippen LogP contribution < -0.4 is 5.32 Å². The van der Waals surface area contributed by atoms with Gasteiger partial charge in [0.15, 0.2) is 0 Å². The Morgan fingerprint density at radius 3 is 2.50 bits per heavy atom. The van der Waals surface area contributed by atoms with Crippen molar-refractivity contribution in [3.63, 3.8) is 0 Å². The maximum absolute atomic E-state index is 6.21. The molecule has 0 radical (unpaired) electrons. The van der Waals surface area contributed by atoms with Gasteiger partial charge in [0.25, 0.3) is 0 Å². The predicted molar refractivity (Wildman–Crippen MR) is 119 cm³/mol. The fraction of sp³-hybridized carbons (Fsp3) is 0.227. The number of aromatic nitrogens is 2. The molecule has 2 heterocycles. The summed E-state index contributed by atoms with van der Waals surface area (Å²) in [5.74, 6) is 0.471. The van der Waals surface area contributed by atoms with Gasteiger partial charge in [0.2, 0.25) is 0 Å². The van der Waals surface area contributed by atoms with Crippen LogP contribution in [0.1, 0.15) is 35.7 Å². The number of hydrogen-bond acceptors (Lipinski definition) is 2. The Labute approximate surface area is 179 Å². The molecule has 6 heteroatoms. The first kappa shape index (κ1) is 19.5. The van der Waals surface area contributed by atoms with Gasteiger partial charge in [0, 0.05) is 10.9 Å². The van der Waals surface area contributed by atoms with Crippen LogP contribution in [0.15, 0.2) is 48.5 Å². The molecule has 1 aliphatic heterocycles. The molecule has 0 amide bonds. The molecular weight excluding hydrogens is 413 g/mol. The zero-order valence-corrected chi connectivity index (χ0v) is 17.5. The largest absolute Gasteiger partial charge is 0.317 e. The van der Waals surface area contributed by atoms with E-state index in [-0.39, 0.29) is 0 Å². The van der Waals surface area contributed by atoms with Gasteiger partial charge in [-0.3, -0.25) is 0 Å². The molecule has 28 heavy (non-hydrogen) atoms. The van der Waals surface area contributed by atoms with E-state index < -0.39 is 0 Å². The quantitative estimate of drug-likeness (QED) is 0.512. The summed E-state index contributed by atoms with van der Waals surface area (Å²) in [6.45, 7) is 2.06. The van der Waals surface area contributed by atoms with Crippen LogP contribution in [0.2, 0.25) is 15.1 Å². The van der Waals surface area contributed by atoms with Gasteiger partial charge < -0.3 is 5.32 Å². The smallest absolute Gasteiger partial charge is 0.0671 e. The SMILES string of the molecule is Clc1cccc(-n2nc(C3CCNCC3)cc2/C=C\c2ccc(Cl)c(Cl)c2)c1.